The van der Waals surface area contributed by atoms with Crippen molar-refractivity contribution in [3.63, 3.8) is 0 Å². The maximum Gasteiger partial charge on any atom is 0.0558 e. The van der Waals surface area contributed by atoms with E-state index < -0.39 is 0 Å². The van der Waals surface area contributed by atoms with Crippen molar-refractivity contribution >= 4 is 11.8 Å². The van der Waals surface area contributed by atoms with Crippen LogP contribution in [0.1, 0.15) is 21.9 Å². The zero-order valence-corrected chi connectivity index (χ0v) is 10.3. The molecule has 1 unspecified atom stereocenters. The Morgan fingerprint density at radius 1 is 0.938 bits per heavy atom. The Labute approximate surface area is 101 Å². The zero-order valence-electron chi connectivity index (χ0n) is 9.53. The van der Waals surface area contributed by atoms with Gasteiger partial charge in [-0.2, -0.15) is 11.8 Å². The predicted octanol–water partition coefficient (Wildman–Crippen LogP) is 4.43. The van der Waals surface area contributed by atoms with Crippen molar-refractivity contribution in [2.75, 3.05) is 6.26 Å². The van der Waals surface area contributed by atoms with E-state index in [-0.39, 0.29) is 0 Å². The highest BCUT2D eigenvalue weighted by Gasteiger charge is 2.28. The molecule has 0 bridgehead atoms. The van der Waals surface area contributed by atoms with Crippen LogP contribution in [0.15, 0.2) is 42.5 Å². The summed E-state index contributed by atoms with van der Waals surface area (Å²) in [6, 6.07) is 15.4. The number of hydrogen-bond acceptors (Lipinski definition) is 1. The van der Waals surface area contributed by atoms with Crippen molar-refractivity contribution < 1.29 is 0 Å². The number of thioether (sulfide) groups is 1. The summed E-state index contributed by atoms with van der Waals surface area (Å²) >= 11 is 1.93. The van der Waals surface area contributed by atoms with E-state index in [0.717, 1.165) is 0 Å². The fourth-order valence-electron chi connectivity index (χ4n) is 2.63. The van der Waals surface area contributed by atoms with Gasteiger partial charge in [-0.1, -0.05) is 42.5 Å². The molecule has 0 amide bonds. The lowest BCUT2D eigenvalue weighted by molar-refractivity contribution is 1.18. The summed E-state index contributed by atoms with van der Waals surface area (Å²) in [5, 5.41) is 0.521. The summed E-state index contributed by atoms with van der Waals surface area (Å²) in [4.78, 5) is 0. The number of hydrogen-bond donors (Lipinski definition) is 0. The number of benzene rings is 2. The third-order valence-electron chi connectivity index (χ3n) is 3.36. The summed E-state index contributed by atoms with van der Waals surface area (Å²) in [5.74, 6) is 0. The molecule has 1 heteroatoms. The molecule has 80 valence electrons. The normalized spacial score (nSPS) is 17.0. The van der Waals surface area contributed by atoms with E-state index in [4.69, 9.17) is 0 Å². The van der Waals surface area contributed by atoms with E-state index in [2.05, 4.69) is 55.6 Å². The maximum atomic E-state index is 2.26. The largest absolute Gasteiger partial charge is 0.152 e. The standard InChI is InChI=1S/C15H14S/c1-10-6-5-9-12-11-7-3-4-8-13(11)15(16-2)14(10)12/h3-9,15H,1-2H3. The highest BCUT2D eigenvalue weighted by molar-refractivity contribution is 7.99. The molecule has 0 aliphatic heterocycles. The van der Waals surface area contributed by atoms with Crippen molar-refractivity contribution in [2.24, 2.45) is 0 Å². The van der Waals surface area contributed by atoms with Crippen LogP contribution in [0.3, 0.4) is 0 Å². The fraction of sp³-hybridized carbons (Fsp3) is 0.200. The first kappa shape index (κ1) is 9.98. The van der Waals surface area contributed by atoms with Crippen molar-refractivity contribution in [3.05, 3.63) is 59.2 Å². The first-order valence-electron chi connectivity index (χ1n) is 5.54. The first-order chi connectivity index (χ1) is 7.83. The molecule has 16 heavy (non-hydrogen) atoms. The van der Waals surface area contributed by atoms with Crippen LogP contribution >= 0.6 is 11.8 Å². The Kier molecular flexibility index (Phi) is 2.29. The molecule has 0 saturated carbocycles. The molecule has 2 aromatic carbocycles. The van der Waals surface area contributed by atoms with Gasteiger partial charge in [0.15, 0.2) is 0 Å². The van der Waals surface area contributed by atoms with Gasteiger partial charge in [0.1, 0.15) is 0 Å². The van der Waals surface area contributed by atoms with Crippen LogP contribution in [0.4, 0.5) is 0 Å². The molecule has 2 aromatic rings. The Hall–Kier alpha value is -1.21. The molecule has 0 fully saturated rings. The topological polar surface area (TPSA) is 0 Å². The van der Waals surface area contributed by atoms with Crippen LogP contribution in [0.25, 0.3) is 11.1 Å². The minimum atomic E-state index is 0.521. The SMILES string of the molecule is CSC1c2ccccc2-c2cccc(C)c21. The summed E-state index contributed by atoms with van der Waals surface area (Å²) in [5.41, 5.74) is 7.24. The second-order valence-electron chi connectivity index (χ2n) is 4.24. The second-order valence-corrected chi connectivity index (χ2v) is 5.18. The average molecular weight is 226 g/mol. The van der Waals surface area contributed by atoms with Crippen molar-refractivity contribution in [2.45, 2.75) is 12.2 Å². The van der Waals surface area contributed by atoms with Gasteiger partial charge in [0.2, 0.25) is 0 Å². The van der Waals surface area contributed by atoms with Gasteiger partial charge in [-0.25, -0.2) is 0 Å². The summed E-state index contributed by atoms with van der Waals surface area (Å²) in [6.07, 6.45) is 2.20. The molecule has 1 aliphatic rings. The van der Waals surface area contributed by atoms with Crippen LogP contribution in [-0.2, 0) is 0 Å². The molecular formula is C15H14S. The molecule has 0 heterocycles. The average Bonchev–Trinajstić information content (AvgIpc) is 2.65. The zero-order chi connectivity index (χ0) is 11.1. The van der Waals surface area contributed by atoms with Crippen LogP contribution in [0.5, 0.6) is 0 Å². The third-order valence-corrected chi connectivity index (χ3v) is 4.32. The monoisotopic (exact) mass is 226 g/mol. The molecule has 0 radical (unpaired) electrons. The van der Waals surface area contributed by atoms with Crippen molar-refractivity contribution in [1.82, 2.24) is 0 Å². The lowest BCUT2D eigenvalue weighted by Gasteiger charge is -2.12. The van der Waals surface area contributed by atoms with Gasteiger partial charge in [0, 0.05) is 0 Å². The molecule has 1 aliphatic carbocycles. The lowest BCUT2D eigenvalue weighted by Crippen LogP contribution is -1.92. The Morgan fingerprint density at radius 3 is 2.50 bits per heavy atom. The molecule has 0 spiro atoms. The minimum absolute atomic E-state index is 0.521. The Balaban J connectivity index is 2.34. The van der Waals surface area contributed by atoms with E-state index in [1.54, 1.807) is 0 Å². The molecule has 1 atom stereocenters. The van der Waals surface area contributed by atoms with Gasteiger partial charge < -0.3 is 0 Å². The number of rotatable bonds is 1. The van der Waals surface area contributed by atoms with E-state index in [0.29, 0.717) is 5.25 Å². The van der Waals surface area contributed by atoms with Gasteiger partial charge in [0.05, 0.1) is 5.25 Å². The number of fused-ring (bicyclic) bond motifs is 3. The van der Waals surface area contributed by atoms with E-state index >= 15 is 0 Å². The van der Waals surface area contributed by atoms with Gasteiger partial charge >= 0.3 is 0 Å². The Morgan fingerprint density at radius 2 is 1.69 bits per heavy atom. The number of aryl methyl sites for hydroxylation is 1. The van der Waals surface area contributed by atoms with Crippen LogP contribution in [0, 0.1) is 6.92 Å². The van der Waals surface area contributed by atoms with Gasteiger partial charge in [-0.15, -0.1) is 0 Å². The molecule has 3 rings (SSSR count). The predicted molar refractivity (Wildman–Crippen MR) is 72.0 cm³/mol. The molecule has 0 saturated heterocycles. The minimum Gasteiger partial charge on any atom is -0.152 e. The molecule has 0 N–H and O–H groups in total. The van der Waals surface area contributed by atoms with Crippen LogP contribution in [0.2, 0.25) is 0 Å². The molecule has 0 nitrogen and oxygen atoms in total. The van der Waals surface area contributed by atoms with Gasteiger partial charge in [-0.05, 0) is 41.0 Å². The smallest absolute Gasteiger partial charge is 0.0558 e. The fourth-order valence-corrected chi connectivity index (χ4v) is 3.64. The van der Waals surface area contributed by atoms with Crippen LogP contribution < -0.4 is 0 Å². The van der Waals surface area contributed by atoms with Gasteiger partial charge in [0.25, 0.3) is 0 Å². The molecular weight excluding hydrogens is 212 g/mol. The maximum absolute atomic E-state index is 2.26. The Bertz CT molecular complexity index is 543. The third kappa shape index (κ3) is 1.24. The second kappa shape index (κ2) is 3.67. The highest BCUT2D eigenvalue weighted by atomic mass is 32.2. The van der Waals surface area contributed by atoms with E-state index in [9.17, 15) is 0 Å². The van der Waals surface area contributed by atoms with Crippen molar-refractivity contribution in [3.8, 4) is 11.1 Å². The van der Waals surface area contributed by atoms with Gasteiger partial charge in [-0.3, -0.25) is 0 Å². The lowest BCUT2D eigenvalue weighted by atomic mass is 10.0. The first-order valence-corrected chi connectivity index (χ1v) is 6.83. The van der Waals surface area contributed by atoms with Crippen molar-refractivity contribution in [1.29, 1.82) is 0 Å². The molecule has 0 aromatic heterocycles. The van der Waals surface area contributed by atoms with E-state index in [1.807, 2.05) is 11.8 Å². The van der Waals surface area contributed by atoms with Crippen LogP contribution in [-0.4, -0.2) is 6.26 Å². The summed E-state index contributed by atoms with van der Waals surface area (Å²) in [6.45, 7) is 2.22. The quantitative estimate of drug-likeness (QED) is 0.693. The highest BCUT2D eigenvalue weighted by Crippen LogP contribution is 2.50. The summed E-state index contributed by atoms with van der Waals surface area (Å²) in [7, 11) is 0. The van der Waals surface area contributed by atoms with E-state index in [1.165, 1.54) is 27.8 Å². The summed E-state index contributed by atoms with van der Waals surface area (Å²) < 4.78 is 0.